The van der Waals surface area contributed by atoms with E-state index in [2.05, 4.69) is 11.8 Å². The van der Waals surface area contributed by atoms with Crippen LogP contribution in [0.15, 0.2) is 0 Å². The first-order valence-electron chi connectivity index (χ1n) is 5.20. The molecule has 0 aromatic heterocycles. The SMILES string of the molecule is CC(O)CCCN1CCOC(C)C1. The minimum Gasteiger partial charge on any atom is -0.393 e. The van der Waals surface area contributed by atoms with Crippen LogP contribution in [0, 0.1) is 0 Å². The Morgan fingerprint density at radius 2 is 2.38 bits per heavy atom. The molecule has 0 radical (unpaired) electrons. The van der Waals surface area contributed by atoms with Gasteiger partial charge in [-0.3, -0.25) is 4.90 Å². The monoisotopic (exact) mass is 187 g/mol. The fourth-order valence-electron chi connectivity index (χ4n) is 1.70. The average molecular weight is 187 g/mol. The van der Waals surface area contributed by atoms with Crippen molar-refractivity contribution in [2.75, 3.05) is 26.2 Å². The molecule has 78 valence electrons. The second-order valence-corrected chi connectivity index (χ2v) is 3.97. The lowest BCUT2D eigenvalue weighted by atomic mass is 10.2. The van der Waals surface area contributed by atoms with Crippen molar-refractivity contribution >= 4 is 0 Å². The lowest BCUT2D eigenvalue weighted by Gasteiger charge is -2.31. The van der Waals surface area contributed by atoms with E-state index in [9.17, 15) is 0 Å². The predicted molar refractivity (Wildman–Crippen MR) is 52.8 cm³/mol. The molecule has 1 aliphatic rings. The zero-order valence-electron chi connectivity index (χ0n) is 8.70. The van der Waals surface area contributed by atoms with Crippen molar-refractivity contribution < 1.29 is 9.84 Å². The quantitative estimate of drug-likeness (QED) is 0.709. The molecule has 1 saturated heterocycles. The van der Waals surface area contributed by atoms with Crippen molar-refractivity contribution in [3.8, 4) is 0 Å². The van der Waals surface area contributed by atoms with Gasteiger partial charge in [-0.25, -0.2) is 0 Å². The number of rotatable bonds is 4. The Hall–Kier alpha value is -0.120. The van der Waals surface area contributed by atoms with E-state index in [1.807, 2.05) is 6.92 Å². The molecule has 0 aromatic carbocycles. The Bertz CT molecular complexity index is 139. The number of nitrogens with zero attached hydrogens (tertiary/aromatic N) is 1. The Morgan fingerprint density at radius 1 is 1.62 bits per heavy atom. The van der Waals surface area contributed by atoms with Crippen LogP contribution in [-0.4, -0.2) is 48.5 Å². The van der Waals surface area contributed by atoms with Crippen LogP contribution in [0.3, 0.4) is 0 Å². The molecular formula is C10H21NO2. The molecule has 0 aromatic rings. The van der Waals surface area contributed by atoms with Crippen LogP contribution < -0.4 is 0 Å². The van der Waals surface area contributed by atoms with Gasteiger partial charge in [0.1, 0.15) is 0 Å². The molecule has 0 amide bonds. The van der Waals surface area contributed by atoms with E-state index in [1.54, 1.807) is 0 Å². The lowest BCUT2D eigenvalue weighted by Crippen LogP contribution is -2.41. The molecule has 3 nitrogen and oxygen atoms in total. The van der Waals surface area contributed by atoms with Crippen LogP contribution in [0.5, 0.6) is 0 Å². The number of morpholine rings is 1. The summed E-state index contributed by atoms with van der Waals surface area (Å²) in [7, 11) is 0. The molecule has 1 aliphatic heterocycles. The van der Waals surface area contributed by atoms with Gasteiger partial charge in [0, 0.05) is 13.1 Å². The van der Waals surface area contributed by atoms with E-state index in [0.717, 1.165) is 39.1 Å². The van der Waals surface area contributed by atoms with Crippen LogP contribution in [0.4, 0.5) is 0 Å². The number of aliphatic hydroxyl groups is 1. The van der Waals surface area contributed by atoms with E-state index in [-0.39, 0.29) is 6.10 Å². The third-order valence-electron chi connectivity index (χ3n) is 2.42. The molecule has 1 N–H and O–H groups in total. The molecule has 13 heavy (non-hydrogen) atoms. The number of aliphatic hydroxyl groups excluding tert-OH is 1. The molecule has 2 unspecified atom stereocenters. The molecule has 0 bridgehead atoms. The summed E-state index contributed by atoms with van der Waals surface area (Å²) in [5.41, 5.74) is 0. The zero-order chi connectivity index (χ0) is 9.68. The van der Waals surface area contributed by atoms with Crippen LogP contribution in [0.1, 0.15) is 26.7 Å². The number of hydrogen-bond donors (Lipinski definition) is 1. The van der Waals surface area contributed by atoms with Gasteiger partial charge in [0.2, 0.25) is 0 Å². The fourth-order valence-corrected chi connectivity index (χ4v) is 1.70. The molecule has 0 spiro atoms. The summed E-state index contributed by atoms with van der Waals surface area (Å²) in [6.07, 6.45) is 2.22. The van der Waals surface area contributed by atoms with Crippen molar-refractivity contribution in [1.82, 2.24) is 4.90 Å². The second kappa shape index (κ2) is 5.58. The number of ether oxygens (including phenoxy) is 1. The summed E-state index contributed by atoms with van der Waals surface area (Å²) >= 11 is 0. The largest absolute Gasteiger partial charge is 0.393 e. The highest BCUT2D eigenvalue weighted by molar-refractivity contribution is 4.67. The summed E-state index contributed by atoms with van der Waals surface area (Å²) in [4.78, 5) is 2.41. The molecule has 1 fully saturated rings. The molecule has 3 heteroatoms. The summed E-state index contributed by atoms with van der Waals surface area (Å²) in [6, 6.07) is 0. The minimum absolute atomic E-state index is 0.154. The van der Waals surface area contributed by atoms with Gasteiger partial charge in [-0.05, 0) is 33.2 Å². The minimum atomic E-state index is -0.154. The van der Waals surface area contributed by atoms with Gasteiger partial charge in [-0.2, -0.15) is 0 Å². The van der Waals surface area contributed by atoms with Crippen LogP contribution in [-0.2, 0) is 4.74 Å². The highest BCUT2D eigenvalue weighted by atomic mass is 16.5. The molecule has 1 heterocycles. The van der Waals surface area contributed by atoms with Crippen molar-refractivity contribution in [3.05, 3.63) is 0 Å². The van der Waals surface area contributed by atoms with Crippen LogP contribution in [0.2, 0.25) is 0 Å². The van der Waals surface area contributed by atoms with E-state index in [1.165, 1.54) is 0 Å². The van der Waals surface area contributed by atoms with Gasteiger partial charge >= 0.3 is 0 Å². The summed E-state index contributed by atoms with van der Waals surface area (Å²) in [6.45, 7) is 8.00. The highest BCUT2D eigenvalue weighted by Gasteiger charge is 2.15. The smallest absolute Gasteiger partial charge is 0.0674 e. The Balaban J connectivity index is 2.06. The van der Waals surface area contributed by atoms with Gasteiger partial charge in [0.05, 0.1) is 18.8 Å². The summed E-state index contributed by atoms with van der Waals surface area (Å²) in [5, 5.41) is 9.09. The number of hydrogen-bond acceptors (Lipinski definition) is 3. The van der Waals surface area contributed by atoms with E-state index < -0.39 is 0 Å². The second-order valence-electron chi connectivity index (χ2n) is 3.97. The van der Waals surface area contributed by atoms with E-state index in [0.29, 0.717) is 6.10 Å². The standard InChI is InChI=1S/C10H21NO2/c1-9(12)4-3-5-11-6-7-13-10(2)8-11/h9-10,12H,3-8H2,1-2H3. The Kier molecular flexibility index (Phi) is 4.70. The molecule has 0 saturated carbocycles. The summed E-state index contributed by atoms with van der Waals surface area (Å²) < 4.78 is 5.44. The van der Waals surface area contributed by atoms with Gasteiger partial charge < -0.3 is 9.84 Å². The first-order valence-corrected chi connectivity index (χ1v) is 5.20. The zero-order valence-corrected chi connectivity index (χ0v) is 8.70. The van der Waals surface area contributed by atoms with E-state index in [4.69, 9.17) is 9.84 Å². The van der Waals surface area contributed by atoms with Crippen LogP contribution in [0.25, 0.3) is 0 Å². The molecule has 2 atom stereocenters. The fraction of sp³-hybridized carbons (Fsp3) is 1.00. The predicted octanol–water partition coefficient (Wildman–Crippen LogP) is 0.868. The van der Waals surface area contributed by atoms with E-state index >= 15 is 0 Å². The van der Waals surface area contributed by atoms with Crippen molar-refractivity contribution in [2.24, 2.45) is 0 Å². The highest BCUT2D eigenvalue weighted by Crippen LogP contribution is 2.06. The van der Waals surface area contributed by atoms with Gasteiger partial charge in [0.25, 0.3) is 0 Å². The van der Waals surface area contributed by atoms with Crippen molar-refractivity contribution in [1.29, 1.82) is 0 Å². The topological polar surface area (TPSA) is 32.7 Å². The van der Waals surface area contributed by atoms with Crippen LogP contribution >= 0.6 is 0 Å². The lowest BCUT2D eigenvalue weighted by molar-refractivity contribution is -0.0193. The van der Waals surface area contributed by atoms with Gasteiger partial charge in [-0.1, -0.05) is 0 Å². The Morgan fingerprint density at radius 3 is 3.00 bits per heavy atom. The van der Waals surface area contributed by atoms with Crippen molar-refractivity contribution in [3.63, 3.8) is 0 Å². The maximum atomic E-state index is 9.09. The van der Waals surface area contributed by atoms with Crippen molar-refractivity contribution in [2.45, 2.75) is 38.9 Å². The normalized spacial score (nSPS) is 27.5. The molecule has 0 aliphatic carbocycles. The first kappa shape index (κ1) is 11.0. The Labute approximate surface area is 80.7 Å². The average Bonchev–Trinajstić information content (AvgIpc) is 2.03. The third kappa shape index (κ3) is 4.60. The summed E-state index contributed by atoms with van der Waals surface area (Å²) in [5.74, 6) is 0. The third-order valence-corrected chi connectivity index (χ3v) is 2.42. The van der Waals surface area contributed by atoms with Gasteiger partial charge in [0.15, 0.2) is 0 Å². The maximum Gasteiger partial charge on any atom is 0.0674 e. The molecular weight excluding hydrogens is 166 g/mol. The maximum absolute atomic E-state index is 9.09. The van der Waals surface area contributed by atoms with Gasteiger partial charge in [-0.15, -0.1) is 0 Å². The first-order chi connectivity index (χ1) is 6.18. The molecule has 1 rings (SSSR count).